The third kappa shape index (κ3) is 5.42. The van der Waals surface area contributed by atoms with Crippen LogP contribution in [0.25, 0.3) is 0 Å². The van der Waals surface area contributed by atoms with Crippen molar-refractivity contribution in [2.45, 2.75) is 46.1 Å². The molecular formula is C14H23N3OS. The maximum absolute atomic E-state index is 11.7. The van der Waals surface area contributed by atoms with E-state index in [2.05, 4.69) is 29.1 Å². The highest BCUT2D eigenvalue weighted by Gasteiger charge is 2.09. The van der Waals surface area contributed by atoms with Gasteiger partial charge in [0.15, 0.2) is 0 Å². The van der Waals surface area contributed by atoms with Gasteiger partial charge in [0.05, 0.1) is 10.7 Å². The Morgan fingerprint density at radius 1 is 1.53 bits per heavy atom. The van der Waals surface area contributed by atoms with Crippen LogP contribution >= 0.6 is 11.3 Å². The largest absolute Gasteiger partial charge is 0.338 e. The molecule has 0 fully saturated rings. The summed E-state index contributed by atoms with van der Waals surface area (Å²) in [5.74, 6) is 0. The van der Waals surface area contributed by atoms with Gasteiger partial charge in [-0.3, -0.25) is 0 Å². The smallest absolute Gasteiger partial charge is 0.315 e. The summed E-state index contributed by atoms with van der Waals surface area (Å²) < 4.78 is 0. The molecule has 2 amide bonds. The predicted octanol–water partition coefficient (Wildman–Crippen LogP) is 2.96. The number of hydrogen-bond acceptors (Lipinski definition) is 3. The van der Waals surface area contributed by atoms with Gasteiger partial charge in [-0.2, -0.15) is 0 Å². The van der Waals surface area contributed by atoms with Crippen LogP contribution in [0.5, 0.6) is 0 Å². The van der Waals surface area contributed by atoms with Gasteiger partial charge in [-0.1, -0.05) is 13.0 Å². The van der Waals surface area contributed by atoms with Crippen molar-refractivity contribution in [3.8, 4) is 0 Å². The predicted molar refractivity (Wildman–Crippen MR) is 80.7 cm³/mol. The Kier molecular flexibility index (Phi) is 6.56. The maximum Gasteiger partial charge on any atom is 0.315 e. The second kappa shape index (κ2) is 7.94. The molecule has 2 N–H and O–H groups in total. The minimum Gasteiger partial charge on any atom is -0.338 e. The normalized spacial score (nSPS) is 11.9. The molecule has 0 saturated heterocycles. The Balaban J connectivity index is 2.30. The average Bonchev–Trinajstić information content (AvgIpc) is 2.67. The van der Waals surface area contributed by atoms with E-state index in [1.807, 2.05) is 19.9 Å². The van der Waals surface area contributed by atoms with Gasteiger partial charge in [-0.25, -0.2) is 9.78 Å². The van der Waals surface area contributed by atoms with Gasteiger partial charge in [0.2, 0.25) is 0 Å². The lowest BCUT2D eigenvalue weighted by molar-refractivity contribution is 0.237. The number of carbonyl (C=O) groups is 1. The average molecular weight is 281 g/mol. The molecule has 1 aromatic rings. The number of thiazole rings is 1. The van der Waals surface area contributed by atoms with E-state index < -0.39 is 0 Å². The minimum absolute atomic E-state index is 0.104. The Morgan fingerprint density at radius 2 is 2.26 bits per heavy atom. The number of rotatable bonds is 7. The summed E-state index contributed by atoms with van der Waals surface area (Å²) in [4.78, 5) is 17.3. The fourth-order valence-electron chi connectivity index (χ4n) is 1.86. The van der Waals surface area contributed by atoms with Crippen molar-refractivity contribution in [1.29, 1.82) is 0 Å². The van der Waals surface area contributed by atoms with Crippen LogP contribution in [0.3, 0.4) is 0 Å². The summed E-state index contributed by atoms with van der Waals surface area (Å²) in [6.45, 7) is 10.4. The van der Waals surface area contributed by atoms with Crippen LogP contribution in [0.4, 0.5) is 4.79 Å². The van der Waals surface area contributed by atoms with E-state index >= 15 is 0 Å². The van der Waals surface area contributed by atoms with E-state index in [0.717, 1.165) is 30.0 Å². The third-order valence-electron chi connectivity index (χ3n) is 2.92. The highest BCUT2D eigenvalue weighted by atomic mass is 32.1. The summed E-state index contributed by atoms with van der Waals surface area (Å²) in [6, 6.07) is 0.0671. The zero-order chi connectivity index (χ0) is 14.3. The summed E-state index contributed by atoms with van der Waals surface area (Å²) in [6.07, 6.45) is 4.38. The van der Waals surface area contributed by atoms with Crippen LogP contribution < -0.4 is 10.6 Å². The number of urea groups is 1. The Morgan fingerprint density at radius 3 is 2.79 bits per heavy atom. The van der Waals surface area contributed by atoms with E-state index in [9.17, 15) is 4.79 Å². The van der Waals surface area contributed by atoms with Crippen molar-refractivity contribution >= 4 is 17.4 Å². The van der Waals surface area contributed by atoms with Crippen LogP contribution in [0.2, 0.25) is 0 Å². The van der Waals surface area contributed by atoms with E-state index in [-0.39, 0.29) is 12.1 Å². The molecule has 1 heterocycles. The van der Waals surface area contributed by atoms with E-state index in [0.29, 0.717) is 6.54 Å². The van der Waals surface area contributed by atoms with Gasteiger partial charge in [0.1, 0.15) is 0 Å². The van der Waals surface area contributed by atoms with Gasteiger partial charge in [0.25, 0.3) is 0 Å². The first-order chi connectivity index (χ1) is 9.06. The van der Waals surface area contributed by atoms with Gasteiger partial charge in [0, 0.05) is 23.9 Å². The standard InChI is InChI=1S/C14H23N3OS/c1-5-7-12(6-2)17-14(18)15-9-8-13-10(3)16-11(4)19-13/h5,12H,1,6-9H2,2-4H3,(H2,15,17,18). The molecule has 5 heteroatoms. The van der Waals surface area contributed by atoms with Crippen molar-refractivity contribution in [3.63, 3.8) is 0 Å². The molecule has 0 aromatic carbocycles. The van der Waals surface area contributed by atoms with Crippen LogP contribution in [0.1, 0.15) is 35.3 Å². The van der Waals surface area contributed by atoms with Crippen LogP contribution in [0.15, 0.2) is 12.7 Å². The molecule has 1 atom stereocenters. The first-order valence-corrected chi connectivity index (χ1v) is 7.46. The SMILES string of the molecule is C=CCC(CC)NC(=O)NCCc1sc(C)nc1C. The lowest BCUT2D eigenvalue weighted by Crippen LogP contribution is -2.42. The lowest BCUT2D eigenvalue weighted by atomic mass is 10.1. The number of hydrogen-bond donors (Lipinski definition) is 2. The number of nitrogens with one attached hydrogen (secondary N) is 2. The quantitative estimate of drug-likeness (QED) is 0.755. The molecule has 0 aliphatic heterocycles. The molecule has 1 unspecified atom stereocenters. The maximum atomic E-state index is 11.7. The summed E-state index contributed by atoms with van der Waals surface area (Å²) in [5, 5.41) is 6.90. The van der Waals surface area contributed by atoms with E-state index in [1.165, 1.54) is 4.88 Å². The first-order valence-electron chi connectivity index (χ1n) is 6.65. The zero-order valence-corrected chi connectivity index (χ0v) is 12.8. The number of aromatic nitrogens is 1. The second-order valence-electron chi connectivity index (χ2n) is 4.52. The molecule has 0 radical (unpaired) electrons. The molecular weight excluding hydrogens is 258 g/mol. The summed E-state index contributed by atoms with van der Waals surface area (Å²) >= 11 is 1.70. The molecule has 19 heavy (non-hydrogen) atoms. The van der Waals surface area contributed by atoms with Crippen LogP contribution in [-0.4, -0.2) is 23.6 Å². The molecule has 1 aromatic heterocycles. The Bertz CT molecular complexity index is 428. The molecule has 0 spiro atoms. The van der Waals surface area contributed by atoms with Crippen molar-refractivity contribution in [2.24, 2.45) is 0 Å². The summed E-state index contributed by atoms with van der Waals surface area (Å²) in [5.41, 5.74) is 1.07. The van der Waals surface area contributed by atoms with Crippen molar-refractivity contribution in [1.82, 2.24) is 15.6 Å². The van der Waals surface area contributed by atoms with Crippen molar-refractivity contribution in [2.75, 3.05) is 6.54 Å². The molecule has 0 aliphatic carbocycles. The molecule has 1 rings (SSSR count). The molecule has 0 bridgehead atoms. The minimum atomic E-state index is -0.104. The van der Waals surface area contributed by atoms with Gasteiger partial charge in [-0.05, 0) is 26.7 Å². The molecule has 106 valence electrons. The van der Waals surface area contributed by atoms with Crippen molar-refractivity contribution < 1.29 is 4.79 Å². The van der Waals surface area contributed by atoms with Gasteiger partial charge in [-0.15, -0.1) is 17.9 Å². The van der Waals surface area contributed by atoms with E-state index in [4.69, 9.17) is 0 Å². The first kappa shape index (κ1) is 15.7. The Hall–Kier alpha value is -1.36. The highest BCUT2D eigenvalue weighted by molar-refractivity contribution is 7.11. The molecule has 0 aliphatic rings. The second-order valence-corrected chi connectivity index (χ2v) is 5.81. The van der Waals surface area contributed by atoms with E-state index in [1.54, 1.807) is 11.3 Å². The summed E-state index contributed by atoms with van der Waals surface area (Å²) in [7, 11) is 0. The van der Waals surface area contributed by atoms with Crippen LogP contribution in [0, 0.1) is 13.8 Å². The monoisotopic (exact) mass is 281 g/mol. The fourth-order valence-corrected chi connectivity index (χ4v) is 2.80. The number of amides is 2. The zero-order valence-electron chi connectivity index (χ0n) is 12.0. The van der Waals surface area contributed by atoms with Gasteiger partial charge < -0.3 is 10.6 Å². The number of aryl methyl sites for hydroxylation is 2. The topological polar surface area (TPSA) is 54.0 Å². The molecule has 4 nitrogen and oxygen atoms in total. The lowest BCUT2D eigenvalue weighted by Gasteiger charge is -2.15. The number of carbonyl (C=O) groups excluding carboxylic acids is 1. The Labute approximate surface area is 119 Å². The van der Waals surface area contributed by atoms with Gasteiger partial charge >= 0.3 is 6.03 Å². The fraction of sp³-hybridized carbons (Fsp3) is 0.571. The highest BCUT2D eigenvalue weighted by Crippen LogP contribution is 2.16. The molecule has 0 saturated carbocycles. The number of nitrogens with zero attached hydrogens (tertiary/aromatic N) is 1. The van der Waals surface area contributed by atoms with Crippen molar-refractivity contribution in [3.05, 3.63) is 28.2 Å². The third-order valence-corrected chi connectivity index (χ3v) is 4.05. The van der Waals surface area contributed by atoms with Crippen LogP contribution in [-0.2, 0) is 6.42 Å².